The van der Waals surface area contributed by atoms with Gasteiger partial charge in [0, 0.05) is 17.3 Å². The van der Waals surface area contributed by atoms with Crippen LogP contribution < -0.4 is 10.6 Å². The second-order valence-electron chi connectivity index (χ2n) is 6.09. The molecule has 0 fully saturated rings. The molecule has 0 radical (unpaired) electrons. The van der Waals surface area contributed by atoms with Crippen LogP contribution in [0.1, 0.15) is 36.9 Å². The zero-order valence-electron chi connectivity index (χ0n) is 14.3. The van der Waals surface area contributed by atoms with Crippen molar-refractivity contribution in [1.82, 2.24) is 4.98 Å². The molecule has 128 valence electrons. The van der Waals surface area contributed by atoms with Crippen LogP contribution in [0.3, 0.4) is 0 Å². The molecule has 0 spiro atoms. The number of nitrogens with one attached hydrogen (secondary N) is 2. The molecule has 25 heavy (non-hydrogen) atoms. The fourth-order valence-electron chi connectivity index (χ4n) is 2.54. The monoisotopic (exact) mass is 351 g/mol. The van der Waals surface area contributed by atoms with Gasteiger partial charge < -0.3 is 5.32 Å². The van der Waals surface area contributed by atoms with Gasteiger partial charge in [0.25, 0.3) is 5.91 Å². The Balaban J connectivity index is 1.82. The Kier molecular flexibility index (Phi) is 5.46. The fraction of sp³-hybridized carbons (Fsp3) is 0.200. The molecule has 0 saturated carbocycles. The molecule has 0 aliphatic rings. The number of anilines is 2. The molecule has 1 heterocycles. The van der Waals surface area contributed by atoms with Crippen molar-refractivity contribution in [2.75, 3.05) is 10.6 Å². The average molecular weight is 351 g/mol. The molecule has 0 bridgehead atoms. The highest BCUT2D eigenvalue weighted by molar-refractivity contribution is 7.13. The summed E-state index contributed by atoms with van der Waals surface area (Å²) in [7, 11) is 0. The van der Waals surface area contributed by atoms with E-state index in [1.54, 1.807) is 6.20 Å². The minimum atomic E-state index is -0.491. The summed E-state index contributed by atoms with van der Waals surface area (Å²) in [4.78, 5) is 16.9. The minimum Gasteiger partial charge on any atom is -0.370 e. The summed E-state index contributed by atoms with van der Waals surface area (Å²) in [5, 5.41) is 8.65. The van der Waals surface area contributed by atoms with E-state index < -0.39 is 6.04 Å². The molecular formula is C20H21N3OS. The number of rotatable bonds is 6. The summed E-state index contributed by atoms with van der Waals surface area (Å²) >= 11 is 1.40. The van der Waals surface area contributed by atoms with Gasteiger partial charge in [-0.1, -0.05) is 56.3 Å². The average Bonchev–Trinajstić information content (AvgIpc) is 3.13. The molecule has 1 unspecified atom stereocenters. The van der Waals surface area contributed by atoms with E-state index in [0.29, 0.717) is 11.0 Å². The highest BCUT2D eigenvalue weighted by Gasteiger charge is 2.21. The molecule has 2 aromatic carbocycles. The van der Waals surface area contributed by atoms with E-state index in [9.17, 15) is 4.79 Å². The van der Waals surface area contributed by atoms with Gasteiger partial charge in [-0.05, 0) is 29.2 Å². The van der Waals surface area contributed by atoms with Crippen molar-refractivity contribution in [3.63, 3.8) is 0 Å². The largest absolute Gasteiger partial charge is 0.370 e. The van der Waals surface area contributed by atoms with Crippen LogP contribution in [0.4, 0.5) is 10.8 Å². The second-order valence-corrected chi connectivity index (χ2v) is 6.99. The van der Waals surface area contributed by atoms with E-state index in [2.05, 4.69) is 41.6 Å². The summed E-state index contributed by atoms with van der Waals surface area (Å²) in [6.07, 6.45) is 1.68. The first-order valence-electron chi connectivity index (χ1n) is 8.25. The molecule has 4 nitrogen and oxygen atoms in total. The molecule has 2 N–H and O–H groups in total. The van der Waals surface area contributed by atoms with Gasteiger partial charge in [-0.3, -0.25) is 10.1 Å². The van der Waals surface area contributed by atoms with Crippen molar-refractivity contribution in [3.8, 4) is 0 Å². The standard InChI is InChI=1S/C20H21N3OS/c1-14(2)15-8-10-17(11-9-15)22-18(16-6-4-3-5-7-16)19(24)23-20-21-12-13-25-20/h3-14,18,22H,1-2H3,(H,21,23,24). The van der Waals surface area contributed by atoms with Crippen molar-refractivity contribution < 1.29 is 4.79 Å². The third kappa shape index (κ3) is 4.45. The minimum absolute atomic E-state index is 0.130. The van der Waals surface area contributed by atoms with Crippen LogP contribution in [-0.2, 0) is 4.79 Å². The highest BCUT2D eigenvalue weighted by atomic mass is 32.1. The summed E-state index contributed by atoms with van der Waals surface area (Å²) < 4.78 is 0. The lowest BCUT2D eigenvalue weighted by atomic mass is 10.0. The third-order valence-electron chi connectivity index (χ3n) is 3.95. The maximum atomic E-state index is 12.8. The summed E-state index contributed by atoms with van der Waals surface area (Å²) in [6.45, 7) is 4.33. The fourth-order valence-corrected chi connectivity index (χ4v) is 3.07. The first kappa shape index (κ1) is 17.2. The zero-order valence-corrected chi connectivity index (χ0v) is 15.1. The van der Waals surface area contributed by atoms with Crippen LogP contribution in [0.15, 0.2) is 66.2 Å². The number of benzene rings is 2. The lowest BCUT2D eigenvalue weighted by Crippen LogP contribution is -2.27. The topological polar surface area (TPSA) is 54.0 Å². The van der Waals surface area contributed by atoms with Crippen LogP contribution in [0, 0.1) is 0 Å². The number of amides is 1. The highest BCUT2D eigenvalue weighted by Crippen LogP contribution is 2.24. The Morgan fingerprint density at radius 3 is 2.32 bits per heavy atom. The predicted octanol–water partition coefficient (Wildman–Crippen LogP) is 5.06. The molecular weight excluding hydrogens is 330 g/mol. The molecule has 5 heteroatoms. The van der Waals surface area contributed by atoms with Gasteiger partial charge in [0.1, 0.15) is 6.04 Å². The van der Waals surface area contributed by atoms with E-state index in [4.69, 9.17) is 0 Å². The van der Waals surface area contributed by atoms with Gasteiger partial charge in [-0.15, -0.1) is 11.3 Å². The number of carbonyl (C=O) groups excluding carboxylic acids is 1. The summed E-state index contributed by atoms with van der Waals surface area (Å²) in [5.41, 5.74) is 3.09. The first-order valence-corrected chi connectivity index (χ1v) is 9.13. The number of hydrogen-bond donors (Lipinski definition) is 2. The molecule has 3 aromatic rings. The first-order chi connectivity index (χ1) is 12.1. The van der Waals surface area contributed by atoms with E-state index >= 15 is 0 Å². The van der Waals surface area contributed by atoms with E-state index in [1.165, 1.54) is 16.9 Å². The van der Waals surface area contributed by atoms with Crippen LogP contribution >= 0.6 is 11.3 Å². The van der Waals surface area contributed by atoms with Gasteiger partial charge in [0.15, 0.2) is 5.13 Å². The molecule has 3 rings (SSSR count). The van der Waals surface area contributed by atoms with E-state index in [1.807, 2.05) is 47.8 Å². The van der Waals surface area contributed by atoms with Crippen LogP contribution in [0.5, 0.6) is 0 Å². The van der Waals surface area contributed by atoms with Crippen LogP contribution in [0.2, 0.25) is 0 Å². The summed E-state index contributed by atoms with van der Waals surface area (Å²) in [6, 6.07) is 17.4. The maximum absolute atomic E-state index is 12.8. The van der Waals surface area contributed by atoms with Gasteiger partial charge >= 0.3 is 0 Å². The quantitative estimate of drug-likeness (QED) is 0.653. The Hall–Kier alpha value is -2.66. The maximum Gasteiger partial charge on any atom is 0.253 e. The smallest absolute Gasteiger partial charge is 0.253 e. The normalized spacial score (nSPS) is 12.0. The van der Waals surface area contributed by atoms with Crippen molar-refractivity contribution in [3.05, 3.63) is 77.3 Å². The molecule has 0 aliphatic carbocycles. The van der Waals surface area contributed by atoms with Crippen LogP contribution in [-0.4, -0.2) is 10.9 Å². The molecule has 1 amide bonds. The molecule has 0 saturated heterocycles. The zero-order chi connectivity index (χ0) is 17.6. The lowest BCUT2D eigenvalue weighted by molar-refractivity contribution is -0.117. The van der Waals surface area contributed by atoms with Crippen molar-refractivity contribution in [2.45, 2.75) is 25.8 Å². The number of aromatic nitrogens is 1. The number of nitrogens with zero attached hydrogens (tertiary/aromatic N) is 1. The van der Waals surface area contributed by atoms with E-state index in [0.717, 1.165) is 11.3 Å². The Morgan fingerprint density at radius 2 is 1.72 bits per heavy atom. The Labute approximate surface area is 151 Å². The SMILES string of the molecule is CC(C)c1ccc(NC(C(=O)Nc2nccs2)c2ccccc2)cc1. The number of hydrogen-bond acceptors (Lipinski definition) is 4. The van der Waals surface area contributed by atoms with Gasteiger partial charge in [-0.2, -0.15) is 0 Å². The number of thiazole rings is 1. The second kappa shape index (κ2) is 7.94. The van der Waals surface area contributed by atoms with Crippen molar-refractivity contribution >= 4 is 28.1 Å². The van der Waals surface area contributed by atoms with Gasteiger partial charge in [0.05, 0.1) is 0 Å². The van der Waals surface area contributed by atoms with E-state index in [-0.39, 0.29) is 5.91 Å². The molecule has 1 aromatic heterocycles. The van der Waals surface area contributed by atoms with Crippen molar-refractivity contribution in [1.29, 1.82) is 0 Å². The molecule has 1 atom stereocenters. The lowest BCUT2D eigenvalue weighted by Gasteiger charge is -2.20. The van der Waals surface area contributed by atoms with Crippen molar-refractivity contribution in [2.24, 2.45) is 0 Å². The predicted molar refractivity (Wildman–Crippen MR) is 104 cm³/mol. The third-order valence-corrected chi connectivity index (χ3v) is 4.63. The van der Waals surface area contributed by atoms with Gasteiger partial charge in [-0.25, -0.2) is 4.98 Å². The molecule has 0 aliphatic heterocycles. The summed E-state index contributed by atoms with van der Waals surface area (Å²) in [5.74, 6) is 0.348. The number of carbonyl (C=O) groups is 1. The van der Waals surface area contributed by atoms with Gasteiger partial charge in [0.2, 0.25) is 0 Å². The Morgan fingerprint density at radius 1 is 1.00 bits per heavy atom. The Bertz CT molecular complexity index is 799. The van der Waals surface area contributed by atoms with Crippen LogP contribution in [0.25, 0.3) is 0 Å².